The highest BCUT2D eigenvalue weighted by atomic mass is 35.5. The van der Waals surface area contributed by atoms with E-state index in [1.807, 2.05) is 0 Å². The quantitative estimate of drug-likeness (QED) is 0.707. The molecule has 2 amide bonds. The van der Waals surface area contributed by atoms with Crippen LogP contribution in [0.15, 0.2) is 6.20 Å². The number of amides is 2. The monoisotopic (exact) mass is 412 g/mol. The first-order chi connectivity index (χ1) is 12.5. The van der Waals surface area contributed by atoms with Gasteiger partial charge in [0, 0.05) is 0 Å². The summed E-state index contributed by atoms with van der Waals surface area (Å²) >= 11 is 6.92. The number of nitrogens with one attached hydrogen (secondary N) is 1. The zero-order valence-electron chi connectivity index (χ0n) is 15.6. The second-order valence-electron chi connectivity index (χ2n) is 6.27. The molecule has 27 heavy (non-hydrogen) atoms. The maximum atomic E-state index is 12.7. The summed E-state index contributed by atoms with van der Waals surface area (Å²) < 4.78 is 6.70. The van der Waals surface area contributed by atoms with Crippen LogP contribution in [0, 0.1) is 13.8 Å². The Morgan fingerprint density at radius 1 is 1.30 bits per heavy atom. The summed E-state index contributed by atoms with van der Waals surface area (Å²) in [5.41, 5.74) is 6.52. The molecule has 0 bridgehead atoms. The zero-order chi connectivity index (χ0) is 20.5. The smallest absolute Gasteiger partial charge is 0.341 e. The number of halogens is 1. The predicted molar refractivity (Wildman–Crippen MR) is 103 cm³/mol. The SMILES string of the molecule is Cc1c(C(N)=O)sc(NC(=O)C(C)n2ncc(Cl)c2C)c1C(=O)OC(C)C. The first-order valence-electron chi connectivity index (χ1n) is 8.19. The first kappa shape index (κ1) is 20.9. The number of aromatic nitrogens is 2. The molecule has 1 unspecified atom stereocenters. The number of hydrogen-bond acceptors (Lipinski definition) is 6. The summed E-state index contributed by atoms with van der Waals surface area (Å²) in [5, 5.41) is 7.42. The molecule has 2 aromatic heterocycles. The predicted octanol–water partition coefficient (Wildman–Crippen LogP) is 3.08. The molecule has 2 heterocycles. The van der Waals surface area contributed by atoms with Crippen molar-refractivity contribution in [2.75, 3.05) is 5.32 Å². The molecule has 0 saturated carbocycles. The summed E-state index contributed by atoms with van der Waals surface area (Å²) in [7, 11) is 0. The molecule has 1 atom stereocenters. The Hall–Kier alpha value is -2.39. The molecule has 0 aliphatic heterocycles. The number of rotatable bonds is 6. The van der Waals surface area contributed by atoms with Crippen LogP contribution in [-0.2, 0) is 9.53 Å². The third kappa shape index (κ3) is 4.30. The average Bonchev–Trinajstić information content (AvgIpc) is 3.06. The third-order valence-corrected chi connectivity index (χ3v) is 5.48. The molecule has 0 aliphatic carbocycles. The molecule has 0 aromatic carbocycles. The van der Waals surface area contributed by atoms with E-state index in [0.717, 1.165) is 11.3 Å². The molecule has 146 valence electrons. The number of primary amides is 1. The van der Waals surface area contributed by atoms with Gasteiger partial charge in [0.15, 0.2) is 0 Å². The molecule has 0 radical (unpaired) electrons. The fourth-order valence-corrected chi connectivity index (χ4v) is 3.66. The fourth-order valence-electron chi connectivity index (χ4n) is 2.48. The van der Waals surface area contributed by atoms with E-state index in [9.17, 15) is 14.4 Å². The fraction of sp³-hybridized carbons (Fsp3) is 0.412. The molecule has 10 heteroatoms. The van der Waals surface area contributed by atoms with Gasteiger partial charge in [0.05, 0.1) is 33.5 Å². The van der Waals surface area contributed by atoms with Crippen LogP contribution >= 0.6 is 22.9 Å². The van der Waals surface area contributed by atoms with Crippen molar-refractivity contribution in [3.63, 3.8) is 0 Å². The van der Waals surface area contributed by atoms with Gasteiger partial charge in [0.2, 0.25) is 5.91 Å². The Balaban J connectivity index is 2.38. The standard InChI is InChI=1S/C17H21ClN4O4S/c1-7(2)26-17(25)12-8(3)13(14(19)23)27-16(12)21-15(24)10(5)22-9(4)11(18)6-20-22/h6-7,10H,1-5H3,(H2,19,23)(H,21,24). The van der Waals surface area contributed by atoms with Gasteiger partial charge in [-0.05, 0) is 40.2 Å². The minimum absolute atomic E-state index is 0.123. The van der Waals surface area contributed by atoms with E-state index < -0.39 is 23.8 Å². The van der Waals surface area contributed by atoms with E-state index in [-0.39, 0.29) is 21.5 Å². The number of nitrogens with zero attached hydrogens (tertiary/aromatic N) is 2. The van der Waals surface area contributed by atoms with Crippen molar-refractivity contribution in [1.29, 1.82) is 0 Å². The molecular formula is C17H21ClN4O4S. The van der Waals surface area contributed by atoms with Crippen LogP contribution in [-0.4, -0.2) is 33.7 Å². The van der Waals surface area contributed by atoms with Crippen LogP contribution in [0.3, 0.4) is 0 Å². The lowest BCUT2D eigenvalue weighted by atomic mass is 10.1. The topological polar surface area (TPSA) is 116 Å². The van der Waals surface area contributed by atoms with E-state index >= 15 is 0 Å². The number of carbonyl (C=O) groups is 3. The Bertz CT molecular complexity index is 903. The Morgan fingerprint density at radius 3 is 2.41 bits per heavy atom. The number of thiophene rings is 1. The van der Waals surface area contributed by atoms with Crippen LogP contribution in [0.25, 0.3) is 0 Å². The Morgan fingerprint density at radius 2 is 1.93 bits per heavy atom. The lowest BCUT2D eigenvalue weighted by Crippen LogP contribution is -2.26. The van der Waals surface area contributed by atoms with Crippen LogP contribution in [0.1, 0.15) is 58.1 Å². The van der Waals surface area contributed by atoms with Gasteiger partial charge in [0.1, 0.15) is 11.0 Å². The molecule has 2 rings (SSSR count). The summed E-state index contributed by atoms with van der Waals surface area (Å²) in [6.45, 7) is 8.39. The van der Waals surface area contributed by atoms with E-state index in [2.05, 4.69) is 10.4 Å². The van der Waals surface area contributed by atoms with E-state index in [1.165, 1.54) is 10.9 Å². The Labute approximate surface area is 165 Å². The van der Waals surface area contributed by atoms with Gasteiger partial charge in [-0.3, -0.25) is 14.3 Å². The second-order valence-corrected chi connectivity index (χ2v) is 7.69. The van der Waals surface area contributed by atoms with E-state index in [0.29, 0.717) is 16.3 Å². The second kappa shape index (κ2) is 8.10. The Kier molecular flexibility index (Phi) is 6.27. The van der Waals surface area contributed by atoms with Crippen molar-refractivity contribution in [2.45, 2.75) is 46.8 Å². The maximum Gasteiger partial charge on any atom is 0.341 e. The van der Waals surface area contributed by atoms with Crippen molar-refractivity contribution >= 4 is 45.7 Å². The van der Waals surface area contributed by atoms with E-state index in [4.69, 9.17) is 22.1 Å². The van der Waals surface area contributed by atoms with Crippen LogP contribution in [0.4, 0.5) is 5.00 Å². The van der Waals surface area contributed by atoms with Gasteiger partial charge in [-0.25, -0.2) is 4.79 Å². The number of nitrogens with two attached hydrogens (primary N) is 1. The molecule has 0 fully saturated rings. The minimum atomic E-state index is -0.689. The number of hydrogen-bond donors (Lipinski definition) is 2. The van der Waals surface area contributed by atoms with Crippen molar-refractivity contribution in [2.24, 2.45) is 5.73 Å². The average molecular weight is 413 g/mol. The van der Waals surface area contributed by atoms with Crippen LogP contribution < -0.4 is 11.1 Å². The normalized spacial score (nSPS) is 12.1. The largest absolute Gasteiger partial charge is 0.459 e. The summed E-state index contributed by atoms with van der Waals surface area (Å²) in [6, 6.07) is -0.689. The molecule has 8 nitrogen and oxygen atoms in total. The number of ether oxygens (including phenoxy) is 1. The van der Waals surface area contributed by atoms with E-state index in [1.54, 1.807) is 34.6 Å². The lowest BCUT2D eigenvalue weighted by Gasteiger charge is -2.15. The first-order valence-corrected chi connectivity index (χ1v) is 9.38. The molecule has 0 saturated heterocycles. The van der Waals surface area contributed by atoms with Crippen molar-refractivity contribution < 1.29 is 19.1 Å². The molecule has 2 aromatic rings. The summed E-state index contributed by atoms with van der Waals surface area (Å²) in [6.07, 6.45) is 1.09. The number of esters is 1. The third-order valence-electron chi connectivity index (χ3n) is 3.89. The van der Waals surface area contributed by atoms with Crippen molar-refractivity contribution in [3.8, 4) is 0 Å². The van der Waals surface area contributed by atoms with Gasteiger partial charge in [-0.2, -0.15) is 5.10 Å². The highest BCUT2D eigenvalue weighted by Gasteiger charge is 2.28. The van der Waals surface area contributed by atoms with Gasteiger partial charge in [-0.1, -0.05) is 11.6 Å². The van der Waals surface area contributed by atoms with Gasteiger partial charge >= 0.3 is 5.97 Å². The maximum absolute atomic E-state index is 12.7. The molecule has 0 spiro atoms. The molecule has 0 aliphatic rings. The number of carbonyl (C=O) groups excluding carboxylic acids is 3. The van der Waals surface area contributed by atoms with Crippen molar-refractivity contribution in [1.82, 2.24) is 9.78 Å². The van der Waals surface area contributed by atoms with Gasteiger partial charge < -0.3 is 15.8 Å². The molecular weight excluding hydrogens is 392 g/mol. The minimum Gasteiger partial charge on any atom is -0.459 e. The highest BCUT2D eigenvalue weighted by Crippen LogP contribution is 2.34. The highest BCUT2D eigenvalue weighted by molar-refractivity contribution is 7.18. The van der Waals surface area contributed by atoms with Gasteiger partial charge in [0.25, 0.3) is 5.91 Å². The van der Waals surface area contributed by atoms with Crippen LogP contribution in [0.2, 0.25) is 5.02 Å². The number of anilines is 1. The molecule has 3 N–H and O–H groups in total. The zero-order valence-corrected chi connectivity index (χ0v) is 17.2. The summed E-state index contributed by atoms with van der Waals surface area (Å²) in [5.74, 6) is -1.74. The lowest BCUT2D eigenvalue weighted by molar-refractivity contribution is -0.119. The van der Waals surface area contributed by atoms with Crippen LogP contribution in [0.5, 0.6) is 0 Å². The summed E-state index contributed by atoms with van der Waals surface area (Å²) in [4.78, 5) is 37.0. The van der Waals surface area contributed by atoms with Gasteiger partial charge in [-0.15, -0.1) is 11.3 Å². The van der Waals surface area contributed by atoms with Crippen molar-refractivity contribution in [3.05, 3.63) is 32.9 Å².